The summed E-state index contributed by atoms with van der Waals surface area (Å²) in [4.78, 5) is 11.2. The standard InChI is InChI=1S/C12H14BrCl2NO2/c1-2-18-10(17)7-16-9-4-3-8(5-6-13)11(14)12(9)15/h3-4,16H,2,5-7H2,1H3. The van der Waals surface area contributed by atoms with Crippen LogP contribution in [-0.2, 0) is 16.0 Å². The zero-order chi connectivity index (χ0) is 13.5. The maximum atomic E-state index is 11.2. The maximum Gasteiger partial charge on any atom is 0.325 e. The Morgan fingerprint density at radius 2 is 2.11 bits per heavy atom. The molecule has 0 unspecified atom stereocenters. The molecule has 18 heavy (non-hydrogen) atoms. The third-order valence-corrected chi connectivity index (χ3v) is 3.57. The molecular weight excluding hydrogens is 341 g/mol. The van der Waals surface area contributed by atoms with E-state index in [0.29, 0.717) is 22.3 Å². The Labute approximate surface area is 125 Å². The summed E-state index contributed by atoms with van der Waals surface area (Å²) in [6, 6.07) is 3.70. The van der Waals surface area contributed by atoms with Gasteiger partial charge in [-0.1, -0.05) is 45.2 Å². The quantitative estimate of drug-likeness (QED) is 0.621. The molecule has 0 saturated heterocycles. The van der Waals surface area contributed by atoms with Crippen molar-refractivity contribution in [3.8, 4) is 0 Å². The van der Waals surface area contributed by atoms with Crippen molar-refractivity contribution in [1.82, 2.24) is 0 Å². The Kier molecular flexibility index (Phi) is 6.82. The first-order chi connectivity index (χ1) is 8.60. The third-order valence-electron chi connectivity index (χ3n) is 2.25. The highest BCUT2D eigenvalue weighted by Crippen LogP contribution is 2.33. The lowest BCUT2D eigenvalue weighted by atomic mass is 10.1. The van der Waals surface area contributed by atoms with Gasteiger partial charge in [0.25, 0.3) is 0 Å². The van der Waals surface area contributed by atoms with Crippen LogP contribution in [0.2, 0.25) is 10.0 Å². The Hall–Kier alpha value is -0.450. The molecule has 100 valence electrons. The van der Waals surface area contributed by atoms with Crippen LogP contribution in [0.1, 0.15) is 12.5 Å². The van der Waals surface area contributed by atoms with Crippen molar-refractivity contribution in [3.63, 3.8) is 0 Å². The van der Waals surface area contributed by atoms with E-state index < -0.39 is 0 Å². The van der Waals surface area contributed by atoms with Crippen molar-refractivity contribution in [2.75, 3.05) is 23.8 Å². The van der Waals surface area contributed by atoms with Crippen molar-refractivity contribution >= 4 is 50.8 Å². The number of rotatable bonds is 6. The first-order valence-corrected chi connectivity index (χ1v) is 7.40. The van der Waals surface area contributed by atoms with Crippen LogP contribution in [0.5, 0.6) is 0 Å². The Morgan fingerprint density at radius 1 is 1.39 bits per heavy atom. The van der Waals surface area contributed by atoms with Crippen molar-refractivity contribution in [2.45, 2.75) is 13.3 Å². The molecule has 0 saturated carbocycles. The van der Waals surface area contributed by atoms with Crippen molar-refractivity contribution in [1.29, 1.82) is 0 Å². The molecule has 0 heterocycles. The summed E-state index contributed by atoms with van der Waals surface area (Å²) in [5, 5.41) is 4.67. The molecule has 0 aliphatic heterocycles. The Balaban J connectivity index is 2.73. The van der Waals surface area contributed by atoms with Gasteiger partial charge < -0.3 is 10.1 Å². The minimum atomic E-state index is -0.325. The monoisotopic (exact) mass is 353 g/mol. The smallest absolute Gasteiger partial charge is 0.325 e. The molecule has 3 nitrogen and oxygen atoms in total. The summed E-state index contributed by atoms with van der Waals surface area (Å²) in [7, 11) is 0. The number of hydrogen-bond acceptors (Lipinski definition) is 3. The van der Waals surface area contributed by atoms with Gasteiger partial charge in [0.05, 0.1) is 22.3 Å². The SMILES string of the molecule is CCOC(=O)CNc1ccc(CCBr)c(Cl)c1Cl. The van der Waals surface area contributed by atoms with E-state index in [4.69, 9.17) is 27.9 Å². The Morgan fingerprint density at radius 3 is 2.72 bits per heavy atom. The van der Waals surface area contributed by atoms with Crippen LogP contribution in [0.4, 0.5) is 5.69 Å². The number of alkyl halides is 1. The lowest BCUT2D eigenvalue weighted by Gasteiger charge is -2.11. The Bertz CT molecular complexity index is 427. The lowest BCUT2D eigenvalue weighted by Crippen LogP contribution is -2.16. The van der Waals surface area contributed by atoms with Crippen LogP contribution in [0, 0.1) is 0 Å². The number of halogens is 3. The van der Waals surface area contributed by atoms with Gasteiger partial charge in [-0.2, -0.15) is 0 Å². The van der Waals surface area contributed by atoms with Gasteiger partial charge in [0.2, 0.25) is 0 Å². The van der Waals surface area contributed by atoms with E-state index in [1.54, 1.807) is 6.92 Å². The average molecular weight is 355 g/mol. The van der Waals surface area contributed by atoms with Gasteiger partial charge >= 0.3 is 5.97 Å². The lowest BCUT2D eigenvalue weighted by molar-refractivity contribution is -0.140. The first-order valence-electron chi connectivity index (χ1n) is 5.52. The average Bonchev–Trinajstić information content (AvgIpc) is 2.35. The van der Waals surface area contributed by atoms with Gasteiger partial charge in [-0.05, 0) is 25.0 Å². The predicted molar refractivity (Wildman–Crippen MR) is 79.1 cm³/mol. The fourth-order valence-corrected chi connectivity index (χ4v) is 2.34. The fourth-order valence-electron chi connectivity index (χ4n) is 1.40. The molecule has 0 aliphatic carbocycles. The van der Waals surface area contributed by atoms with Gasteiger partial charge in [-0.3, -0.25) is 4.79 Å². The summed E-state index contributed by atoms with van der Waals surface area (Å²) < 4.78 is 4.81. The summed E-state index contributed by atoms with van der Waals surface area (Å²) in [6.07, 6.45) is 0.802. The minimum Gasteiger partial charge on any atom is -0.465 e. The molecule has 0 bridgehead atoms. The van der Waals surface area contributed by atoms with Crippen molar-refractivity contribution < 1.29 is 9.53 Å². The highest BCUT2D eigenvalue weighted by Gasteiger charge is 2.10. The second kappa shape index (κ2) is 7.87. The summed E-state index contributed by atoms with van der Waals surface area (Å²) >= 11 is 15.6. The largest absolute Gasteiger partial charge is 0.465 e. The number of ether oxygens (including phenoxy) is 1. The molecule has 1 rings (SSSR count). The number of aryl methyl sites for hydroxylation is 1. The predicted octanol–water partition coefficient (Wildman–Crippen LogP) is 3.91. The molecule has 1 aromatic carbocycles. The molecule has 6 heteroatoms. The van der Waals surface area contributed by atoms with E-state index in [2.05, 4.69) is 21.2 Å². The van der Waals surface area contributed by atoms with Crippen molar-refractivity contribution in [2.24, 2.45) is 0 Å². The number of hydrogen-bond donors (Lipinski definition) is 1. The topological polar surface area (TPSA) is 38.3 Å². The van der Waals surface area contributed by atoms with Crippen LogP contribution in [0.3, 0.4) is 0 Å². The van der Waals surface area contributed by atoms with Gasteiger partial charge in [-0.15, -0.1) is 0 Å². The molecule has 0 amide bonds. The normalized spacial score (nSPS) is 10.2. The number of nitrogens with one attached hydrogen (secondary N) is 1. The molecule has 0 fully saturated rings. The second-order valence-corrected chi connectivity index (χ2v) is 5.05. The molecule has 1 N–H and O–H groups in total. The van der Waals surface area contributed by atoms with E-state index in [9.17, 15) is 4.79 Å². The maximum absolute atomic E-state index is 11.2. The second-order valence-electron chi connectivity index (χ2n) is 3.50. The molecule has 0 aromatic heterocycles. The highest BCUT2D eigenvalue weighted by molar-refractivity contribution is 9.09. The molecule has 1 aromatic rings. The van der Waals surface area contributed by atoms with E-state index >= 15 is 0 Å². The number of esters is 1. The summed E-state index contributed by atoms with van der Waals surface area (Å²) in [6.45, 7) is 2.19. The van der Waals surface area contributed by atoms with Crippen LogP contribution < -0.4 is 5.32 Å². The minimum absolute atomic E-state index is 0.0711. The molecule has 0 spiro atoms. The number of anilines is 1. The third kappa shape index (κ3) is 4.34. The van der Waals surface area contributed by atoms with Crippen LogP contribution >= 0.6 is 39.1 Å². The molecule has 0 atom stereocenters. The number of carbonyl (C=O) groups excluding carboxylic acids is 1. The highest BCUT2D eigenvalue weighted by atomic mass is 79.9. The van der Waals surface area contributed by atoms with E-state index in [1.165, 1.54) is 0 Å². The number of benzene rings is 1. The van der Waals surface area contributed by atoms with Crippen LogP contribution in [-0.4, -0.2) is 24.5 Å². The molecule has 0 aliphatic rings. The van der Waals surface area contributed by atoms with Gasteiger partial charge in [0.1, 0.15) is 6.54 Å². The van der Waals surface area contributed by atoms with E-state index in [-0.39, 0.29) is 12.5 Å². The van der Waals surface area contributed by atoms with Gasteiger partial charge in [-0.25, -0.2) is 0 Å². The zero-order valence-electron chi connectivity index (χ0n) is 9.93. The van der Waals surface area contributed by atoms with Crippen molar-refractivity contribution in [3.05, 3.63) is 27.7 Å². The van der Waals surface area contributed by atoms with Gasteiger partial charge in [0.15, 0.2) is 0 Å². The molecular formula is C12H14BrCl2NO2. The number of carbonyl (C=O) groups is 1. The van der Waals surface area contributed by atoms with E-state index in [1.807, 2.05) is 12.1 Å². The van der Waals surface area contributed by atoms with Gasteiger partial charge in [0, 0.05) is 5.33 Å². The molecule has 0 radical (unpaired) electrons. The zero-order valence-corrected chi connectivity index (χ0v) is 13.0. The first kappa shape index (κ1) is 15.6. The summed E-state index contributed by atoms with van der Waals surface area (Å²) in [5.74, 6) is -0.325. The van der Waals surface area contributed by atoms with E-state index in [0.717, 1.165) is 17.3 Å². The van der Waals surface area contributed by atoms with Crippen LogP contribution in [0.15, 0.2) is 12.1 Å². The van der Waals surface area contributed by atoms with Crippen LogP contribution in [0.25, 0.3) is 0 Å². The fraction of sp³-hybridized carbons (Fsp3) is 0.417. The summed E-state index contributed by atoms with van der Waals surface area (Å²) in [5.41, 5.74) is 1.60.